The van der Waals surface area contributed by atoms with E-state index in [1.54, 1.807) is 7.11 Å². The molecule has 2 aliphatic heterocycles. The second kappa shape index (κ2) is 14.9. The van der Waals surface area contributed by atoms with Gasteiger partial charge < -0.3 is 14.7 Å². The predicted molar refractivity (Wildman–Crippen MR) is 211 cm³/mol. The molecule has 0 saturated heterocycles. The average molecular weight is 657 g/mol. The maximum atomic E-state index is 5.74. The van der Waals surface area contributed by atoms with Crippen molar-refractivity contribution in [2.24, 2.45) is 0 Å². The molecule has 7 rings (SSSR count). The lowest BCUT2D eigenvalue weighted by molar-refractivity contribution is 0.415. The summed E-state index contributed by atoms with van der Waals surface area (Å²) >= 11 is 0. The molecule has 5 aromatic rings. The van der Waals surface area contributed by atoms with Crippen molar-refractivity contribution >= 4 is 46.4 Å². The largest absolute Gasteiger partial charge is 0.497 e. The van der Waals surface area contributed by atoms with Crippen molar-refractivity contribution in [3.63, 3.8) is 0 Å². The zero-order valence-corrected chi connectivity index (χ0v) is 29.3. The van der Waals surface area contributed by atoms with Crippen LogP contribution in [0.1, 0.15) is 91.8 Å². The van der Waals surface area contributed by atoms with E-state index in [1.165, 1.54) is 30.4 Å². The van der Waals surface area contributed by atoms with E-state index in [1.807, 2.05) is 24.3 Å². The third-order valence-corrected chi connectivity index (χ3v) is 9.75. The molecule has 250 valence electrons. The lowest BCUT2D eigenvalue weighted by atomic mass is 10.0. The third-order valence-electron chi connectivity index (χ3n) is 9.75. The number of aryl methyl sites for hydroxylation is 2. The zero-order valence-electron chi connectivity index (χ0n) is 29.3. The number of hydrogen-bond donors (Lipinski definition) is 2. The molecule has 0 unspecified atom stereocenters. The number of rotatable bonds is 11. The highest BCUT2D eigenvalue weighted by Crippen LogP contribution is 2.36. The van der Waals surface area contributed by atoms with E-state index in [2.05, 4.69) is 103 Å². The first-order valence-electron chi connectivity index (χ1n) is 18.0. The molecule has 5 nitrogen and oxygen atoms in total. The number of benzene rings is 2. The van der Waals surface area contributed by atoms with Gasteiger partial charge in [-0.15, -0.1) is 6.42 Å². The van der Waals surface area contributed by atoms with Crippen molar-refractivity contribution in [3.05, 3.63) is 112 Å². The van der Waals surface area contributed by atoms with Gasteiger partial charge in [-0.3, -0.25) is 0 Å². The molecular formula is C45H44N4O. The SMILES string of the molecule is C#Cc1ccc(-c2c3nc(c(-c4ccc(OC)cc4)c4ccc([nH]4)c(CCCCCC)c4nc(c(CCCC)c5ccc2[nH]5)C=C4)C=C3)cc1. The standard InChI is InChI=1S/C45H44N4O/c1-5-8-10-11-13-35-37-23-22-36(46-37)34(12-9-6-2)38-24-26-40(47-38)44(31-16-14-30(7-3)15-17-31)42-28-29-43(49-42)45(41-27-25-39(35)48-41)32-18-20-33(50-4)21-19-32/h3,14-29,47-48H,5-6,8-13H2,1-2,4H3. The Balaban J connectivity index is 1.59. The topological polar surface area (TPSA) is 66.6 Å². The molecule has 0 atom stereocenters. The van der Waals surface area contributed by atoms with Crippen molar-refractivity contribution in [1.29, 1.82) is 0 Å². The fraction of sp³-hybridized carbons (Fsp3) is 0.244. The number of aromatic nitrogens is 4. The Kier molecular flexibility index (Phi) is 9.80. The summed E-state index contributed by atoms with van der Waals surface area (Å²) in [6.07, 6.45) is 23.3. The van der Waals surface area contributed by atoms with Gasteiger partial charge in [-0.2, -0.15) is 0 Å². The van der Waals surface area contributed by atoms with Crippen LogP contribution in [-0.2, 0) is 12.8 Å². The molecule has 8 bridgehead atoms. The second-order valence-electron chi connectivity index (χ2n) is 13.1. The quantitative estimate of drug-likeness (QED) is 0.108. The molecule has 5 heterocycles. The number of fused-ring (bicyclic) bond motifs is 8. The fourth-order valence-electron chi connectivity index (χ4n) is 7.03. The third kappa shape index (κ3) is 6.67. The summed E-state index contributed by atoms with van der Waals surface area (Å²) in [6.45, 7) is 4.50. The summed E-state index contributed by atoms with van der Waals surface area (Å²) in [5, 5.41) is 0. The summed E-state index contributed by atoms with van der Waals surface area (Å²) in [5.41, 5.74) is 15.5. The average Bonchev–Trinajstić information content (AvgIpc) is 3.99. The van der Waals surface area contributed by atoms with Crippen LogP contribution < -0.4 is 4.74 Å². The normalized spacial score (nSPS) is 12.0. The smallest absolute Gasteiger partial charge is 0.118 e. The number of ether oxygens (including phenoxy) is 1. The molecule has 0 fully saturated rings. The number of aromatic amines is 2. The molecule has 50 heavy (non-hydrogen) atoms. The first kappa shape index (κ1) is 32.9. The molecule has 2 aromatic carbocycles. The molecule has 2 aliphatic rings. The van der Waals surface area contributed by atoms with Crippen LogP contribution in [0.5, 0.6) is 5.75 Å². The first-order valence-corrected chi connectivity index (χ1v) is 18.0. The van der Waals surface area contributed by atoms with Gasteiger partial charge in [-0.25, -0.2) is 9.97 Å². The Morgan fingerprint density at radius 2 is 1.04 bits per heavy atom. The van der Waals surface area contributed by atoms with Gasteiger partial charge in [0.1, 0.15) is 5.75 Å². The van der Waals surface area contributed by atoms with Crippen molar-refractivity contribution in [2.45, 2.75) is 65.2 Å². The summed E-state index contributed by atoms with van der Waals surface area (Å²) in [7, 11) is 1.70. The molecule has 0 spiro atoms. The van der Waals surface area contributed by atoms with Crippen LogP contribution >= 0.6 is 0 Å². The van der Waals surface area contributed by atoms with Crippen molar-refractivity contribution < 1.29 is 4.74 Å². The molecule has 2 N–H and O–H groups in total. The monoisotopic (exact) mass is 656 g/mol. The Hall–Kier alpha value is -5.60. The van der Waals surface area contributed by atoms with Crippen LogP contribution in [0.15, 0.2) is 72.8 Å². The van der Waals surface area contributed by atoms with Crippen molar-refractivity contribution in [2.75, 3.05) is 7.11 Å². The highest BCUT2D eigenvalue weighted by atomic mass is 16.5. The highest BCUT2D eigenvalue weighted by molar-refractivity contribution is 5.96. The maximum absolute atomic E-state index is 5.74. The molecule has 5 heteroatoms. The minimum absolute atomic E-state index is 0.815. The van der Waals surface area contributed by atoms with E-state index >= 15 is 0 Å². The zero-order chi connectivity index (χ0) is 34.5. The van der Waals surface area contributed by atoms with Crippen molar-refractivity contribution in [1.82, 2.24) is 19.9 Å². The minimum atomic E-state index is 0.815. The lowest BCUT2D eigenvalue weighted by Gasteiger charge is -2.07. The molecule has 0 radical (unpaired) electrons. The number of unbranched alkanes of at least 4 members (excludes halogenated alkanes) is 4. The number of hydrogen-bond acceptors (Lipinski definition) is 3. The van der Waals surface area contributed by atoms with Gasteiger partial charge in [0, 0.05) is 49.9 Å². The van der Waals surface area contributed by atoms with Gasteiger partial charge >= 0.3 is 0 Å². The van der Waals surface area contributed by atoms with Gasteiger partial charge in [0.25, 0.3) is 0 Å². The Bertz CT molecular complexity index is 2280. The Morgan fingerprint density at radius 3 is 1.56 bits per heavy atom. The molecular weight excluding hydrogens is 613 g/mol. The predicted octanol–water partition coefficient (Wildman–Crippen LogP) is 11.4. The Morgan fingerprint density at radius 1 is 0.560 bits per heavy atom. The van der Waals surface area contributed by atoms with Gasteiger partial charge in [0.15, 0.2) is 0 Å². The van der Waals surface area contributed by atoms with E-state index in [0.29, 0.717) is 0 Å². The molecule has 3 aromatic heterocycles. The minimum Gasteiger partial charge on any atom is -0.497 e. The number of H-pyrrole nitrogens is 2. The molecule has 0 aliphatic carbocycles. The second-order valence-corrected chi connectivity index (χ2v) is 13.1. The van der Waals surface area contributed by atoms with Crippen LogP contribution in [0.3, 0.4) is 0 Å². The lowest BCUT2D eigenvalue weighted by Crippen LogP contribution is -1.94. The van der Waals surface area contributed by atoms with E-state index in [-0.39, 0.29) is 0 Å². The van der Waals surface area contributed by atoms with Crippen LogP contribution in [0.25, 0.3) is 68.6 Å². The number of methoxy groups -OCH3 is 1. The number of terminal acetylenes is 1. The van der Waals surface area contributed by atoms with E-state index < -0.39 is 0 Å². The van der Waals surface area contributed by atoms with Gasteiger partial charge in [0.2, 0.25) is 0 Å². The maximum Gasteiger partial charge on any atom is 0.118 e. The summed E-state index contributed by atoms with van der Waals surface area (Å²) < 4.78 is 5.51. The van der Waals surface area contributed by atoms with Crippen LogP contribution in [-0.4, -0.2) is 27.0 Å². The highest BCUT2D eigenvalue weighted by Gasteiger charge is 2.18. The molecule has 0 amide bonds. The van der Waals surface area contributed by atoms with E-state index in [4.69, 9.17) is 21.1 Å². The fourth-order valence-corrected chi connectivity index (χ4v) is 7.03. The van der Waals surface area contributed by atoms with Crippen LogP contribution in [0, 0.1) is 12.3 Å². The van der Waals surface area contributed by atoms with Gasteiger partial charge in [-0.1, -0.05) is 69.7 Å². The van der Waals surface area contributed by atoms with E-state index in [0.717, 1.165) is 111 Å². The van der Waals surface area contributed by atoms with Crippen LogP contribution in [0.2, 0.25) is 0 Å². The summed E-state index contributed by atoms with van der Waals surface area (Å²) in [5.74, 6) is 3.57. The molecule has 0 saturated carbocycles. The summed E-state index contributed by atoms with van der Waals surface area (Å²) in [4.78, 5) is 18.4. The Labute approximate surface area is 295 Å². The van der Waals surface area contributed by atoms with Crippen molar-refractivity contribution in [3.8, 4) is 40.3 Å². The van der Waals surface area contributed by atoms with Gasteiger partial charge in [-0.05, 0) is 110 Å². The summed E-state index contributed by atoms with van der Waals surface area (Å²) in [6, 6.07) is 25.2. The van der Waals surface area contributed by atoms with Gasteiger partial charge in [0.05, 0.1) is 29.9 Å². The number of nitrogens with zero attached hydrogens (tertiary/aromatic N) is 2. The van der Waals surface area contributed by atoms with Crippen LogP contribution in [0.4, 0.5) is 0 Å². The van der Waals surface area contributed by atoms with E-state index in [9.17, 15) is 0 Å². The first-order chi connectivity index (χ1) is 24.6. The number of nitrogens with one attached hydrogen (secondary N) is 2.